The Bertz CT molecular complexity index is 1130. The largest absolute Gasteiger partial charge is 0.491 e. The minimum absolute atomic E-state index is 0.129. The molecular formula is C25H30FN3O6. The van der Waals surface area contributed by atoms with Crippen molar-refractivity contribution in [2.75, 3.05) is 37.8 Å². The molecule has 0 atom stereocenters. The van der Waals surface area contributed by atoms with E-state index < -0.39 is 18.4 Å². The van der Waals surface area contributed by atoms with E-state index in [-0.39, 0.29) is 17.5 Å². The number of hydrogen-bond donors (Lipinski definition) is 2. The van der Waals surface area contributed by atoms with Crippen LogP contribution < -0.4 is 24.4 Å². The van der Waals surface area contributed by atoms with Gasteiger partial charge in [-0.1, -0.05) is 6.07 Å². The summed E-state index contributed by atoms with van der Waals surface area (Å²) in [5.74, 6) is -1.01. The smallest absolute Gasteiger partial charge is 0.341 e. The summed E-state index contributed by atoms with van der Waals surface area (Å²) in [5.41, 5.74) is 1.74. The molecule has 9 nitrogen and oxygen atoms in total. The fraction of sp³-hybridized carbons (Fsp3) is 0.440. The number of carbonyl (C=O) groups is 1. The van der Waals surface area contributed by atoms with Crippen molar-refractivity contribution in [3.8, 4) is 17.2 Å². The number of oxazole rings is 1. The lowest BCUT2D eigenvalue weighted by atomic mass is 10.0. The zero-order valence-electron chi connectivity index (χ0n) is 19.9. The van der Waals surface area contributed by atoms with Crippen LogP contribution in [0, 0.1) is 5.82 Å². The lowest BCUT2D eigenvalue weighted by molar-refractivity contribution is -0.139. The van der Waals surface area contributed by atoms with Crippen LogP contribution in [0.1, 0.15) is 32.3 Å². The van der Waals surface area contributed by atoms with Gasteiger partial charge < -0.3 is 34.0 Å². The van der Waals surface area contributed by atoms with Crippen LogP contribution in [-0.4, -0.2) is 55.0 Å². The number of halogens is 1. The first-order valence-corrected chi connectivity index (χ1v) is 11.8. The van der Waals surface area contributed by atoms with E-state index in [1.807, 2.05) is 0 Å². The lowest BCUT2D eigenvalue weighted by Crippen LogP contribution is -2.43. The summed E-state index contributed by atoms with van der Waals surface area (Å²) >= 11 is 0. The van der Waals surface area contributed by atoms with Crippen molar-refractivity contribution in [3.05, 3.63) is 41.7 Å². The summed E-state index contributed by atoms with van der Waals surface area (Å²) < 4.78 is 37.4. The number of carboxylic acid groups (broad SMARTS) is 1. The maximum atomic E-state index is 14.8. The summed E-state index contributed by atoms with van der Waals surface area (Å²) in [6, 6.07) is 9.05. The maximum Gasteiger partial charge on any atom is 0.341 e. The predicted molar refractivity (Wildman–Crippen MR) is 128 cm³/mol. The van der Waals surface area contributed by atoms with Crippen LogP contribution in [0.2, 0.25) is 0 Å². The van der Waals surface area contributed by atoms with Crippen LogP contribution in [0.25, 0.3) is 11.1 Å². The molecule has 2 N–H and O–H groups in total. The molecule has 4 rings (SSSR count). The third-order valence-electron chi connectivity index (χ3n) is 5.73. The van der Waals surface area contributed by atoms with Crippen molar-refractivity contribution in [1.82, 2.24) is 10.3 Å². The molecule has 10 heteroatoms. The highest BCUT2D eigenvalue weighted by molar-refractivity contribution is 5.81. The Kier molecular flexibility index (Phi) is 7.91. The number of ether oxygens (including phenoxy) is 3. The Hall–Kier alpha value is -3.53. The summed E-state index contributed by atoms with van der Waals surface area (Å²) in [5, 5.41) is 12.3. The van der Waals surface area contributed by atoms with E-state index in [1.165, 1.54) is 0 Å². The van der Waals surface area contributed by atoms with Gasteiger partial charge in [-0.15, -0.1) is 0 Å². The summed E-state index contributed by atoms with van der Waals surface area (Å²) in [4.78, 5) is 17.7. The van der Waals surface area contributed by atoms with Crippen molar-refractivity contribution in [3.63, 3.8) is 0 Å². The third-order valence-corrected chi connectivity index (χ3v) is 5.73. The first kappa shape index (κ1) is 24.6. The van der Waals surface area contributed by atoms with E-state index in [1.54, 1.807) is 44.2 Å². The minimum atomic E-state index is -1.08. The Morgan fingerprint density at radius 2 is 1.83 bits per heavy atom. The molecule has 0 spiro atoms. The molecular weight excluding hydrogens is 457 g/mol. The highest BCUT2D eigenvalue weighted by Gasteiger charge is 2.27. The van der Waals surface area contributed by atoms with E-state index in [9.17, 15) is 9.18 Å². The molecule has 1 fully saturated rings. The molecule has 1 aromatic heterocycles. The van der Waals surface area contributed by atoms with Gasteiger partial charge in [0.05, 0.1) is 13.2 Å². The Balaban J connectivity index is 1.71. The Morgan fingerprint density at radius 1 is 1.14 bits per heavy atom. The monoisotopic (exact) mass is 487 g/mol. The summed E-state index contributed by atoms with van der Waals surface area (Å²) in [6.45, 7) is 5.87. The van der Waals surface area contributed by atoms with Crippen LogP contribution in [0.5, 0.6) is 17.2 Å². The van der Waals surface area contributed by atoms with Gasteiger partial charge in [-0.25, -0.2) is 4.79 Å². The number of rotatable bonds is 11. The molecule has 1 aliphatic rings. The van der Waals surface area contributed by atoms with Gasteiger partial charge in [-0.2, -0.15) is 9.37 Å². The molecule has 0 unspecified atom stereocenters. The Morgan fingerprint density at radius 3 is 2.46 bits per heavy atom. The summed E-state index contributed by atoms with van der Waals surface area (Å²) in [6.07, 6.45) is 1.75. The van der Waals surface area contributed by atoms with Crippen LogP contribution in [0.4, 0.5) is 10.4 Å². The topological polar surface area (TPSA) is 106 Å². The van der Waals surface area contributed by atoms with E-state index in [2.05, 4.69) is 15.2 Å². The number of nitrogens with zero attached hydrogens (tertiary/aromatic N) is 2. The standard InChI is InChI=1S/C25H30FN3O6/c1-3-32-20-12-16(13-21(23(20)26)33-4-2)14-29(17-8-10-27-11-9-17)25-28-18-6-5-7-19(24(18)35-25)34-15-22(30)31/h5-7,12-13,17,27H,3-4,8-11,14-15H2,1-2H3,(H,30,31). The van der Waals surface area contributed by atoms with Gasteiger partial charge in [0.2, 0.25) is 5.82 Å². The molecule has 1 saturated heterocycles. The van der Waals surface area contributed by atoms with Crippen molar-refractivity contribution in [2.45, 2.75) is 39.3 Å². The third kappa shape index (κ3) is 5.76. The molecule has 0 amide bonds. The molecule has 2 aromatic carbocycles. The zero-order valence-corrected chi connectivity index (χ0v) is 19.9. The number of para-hydroxylation sites is 1. The molecule has 0 saturated carbocycles. The molecule has 3 aromatic rings. The SMILES string of the molecule is CCOc1cc(CN(c2nc3cccc(OCC(=O)O)c3o2)C2CCNCC2)cc(OCC)c1F. The van der Waals surface area contributed by atoms with E-state index >= 15 is 0 Å². The van der Waals surface area contributed by atoms with Crippen molar-refractivity contribution < 1.29 is 32.9 Å². The van der Waals surface area contributed by atoms with Gasteiger partial charge in [0.15, 0.2) is 29.4 Å². The minimum Gasteiger partial charge on any atom is -0.491 e. The van der Waals surface area contributed by atoms with Crippen molar-refractivity contribution >= 4 is 23.1 Å². The first-order chi connectivity index (χ1) is 17.0. The average Bonchev–Trinajstić information content (AvgIpc) is 3.29. The molecule has 0 radical (unpaired) electrons. The fourth-order valence-corrected chi connectivity index (χ4v) is 4.19. The maximum absolute atomic E-state index is 14.8. The number of benzene rings is 2. The number of fused-ring (bicyclic) bond motifs is 1. The van der Waals surface area contributed by atoms with Gasteiger partial charge in [0, 0.05) is 12.6 Å². The molecule has 35 heavy (non-hydrogen) atoms. The van der Waals surface area contributed by atoms with Gasteiger partial charge in [-0.05, 0) is 69.6 Å². The second kappa shape index (κ2) is 11.3. The van der Waals surface area contributed by atoms with Gasteiger partial charge >= 0.3 is 5.97 Å². The predicted octanol–water partition coefficient (Wildman–Crippen LogP) is 3.99. The quantitative estimate of drug-likeness (QED) is 0.415. The van der Waals surface area contributed by atoms with Crippen LogP contribution in [-0.2, 0) is 11.3 Å². The number of aliphatic carboxylic acids is 1. The van der Waals surface area contributed by atoms with Gasteiger partial charge in [0.1, 0.15) is 5.52 Å². The van der Waals surface area contributed by atoms with Crippen LogP contribution in [0.3, 0.4) is 0 Å². The van der Waals surface area contributed by atoms with Gasteiger partial charge in [-0.3, -0.25) is 0 Å². The molecule has 1 aliphatic heterocycles. The van der Waals surface area contributed by atoms with Crippen molar-refractivity contribution in [1.29, 1.82) is 0 Å². The van der Waals surface area contributed by atoms with Crippen LogP contribution >= 0.6 is 0 Å². The van der Waals surface area contributed by atoms with Crippen LogP contribution in [0.15, 0.2) is 34.7 Å². The highest BCUT2D eigenvalue weighted by Crippen LogP contribution is 2.34. The van der Waals surface area contributed by atoms with E-state index in [0.717, 1.165) is 31.5 Å². The highest BCUT2D eigenvalue weighted by atomic mass is 19.1. The molecule has 0 bridgehead atoms. The number of carboxylic acids is 1. The fourth-order valence-electron chi connectivity index (χ4n) is 4.19. The number of piperidine rings is 1. The Labute approximate surface area is 202 Å². The van der Waals surface area contributed by atoms with E-state index in [4.69, 9.17) is 23.7 Å². The molecule has 188 valence electrons. The normalized spacial score (nSPS) is 14.1. The summed E-state index contributed by atoms with van der Waals surface area (Å²) in [7, 11) is 0. The van der Waals surface area contributed by atoms with Gasteiger partial charge in [0.25, 0.3) is 6.01 Å². The second-order valence-corrected chi connectivity index (χ2v) is 8.16. The first-order valence-electron chi connectivity index (χ1n) is 11.8. The lowest BCUT2D eigenvalue weighted by Gasteiger charge is -2.33. The second-order valence-electron chi connectivity index (χ2n) is 8.16. The zero-order chi connectivity index (χ0) is 24.8. The molecule has 2 heterocycles. The van der Waals surface area contributed by atoms with E-state index in [0.29, 0.717) is 42.6 Å². The average molecular weight is 488 g/mol. The van der Waals surface area contributed by atoms with Crippen molar-refractivity contribution in [2.24, 2.45) is 0 Å². The molecule has 0 aliphatic carbocycles. The number of anilines is 1. The number of aromatic nitrogens is 1. The number of hydrogen-bond acceptors (Lipinski definition) is 8. The number of nitrogens with one attached hydrogen (secondary N) is 1.